The van der Waals surface area contributed by atoms with Crippen LogP contribution < -0.4 is 15.5 Å². The fraction of sp³-hybridized carbons (Fsp3) is 0.417. The number of rotatable bonds is 6. The molecule has 1 fully saturated rings. The third kappa shape index (κ3) is 5.52. The van der Waals surface area contributed by atoms with Gasteiger partial charge < -0.3 is 15.5 Å². The number of hydrogen-bond acceptors (Lipinski definition) is 5. The largest absolute Gasteiger partial charge is 0.416 e. The molecule has 0 radical (unpaired) electrons. The van der Waals surface area contributed by atoms with Gasteiger partial charge >= 0.3 is 6.18 Å². The van der Waals surface area contributed by atoms with E-state index in [9.17, 15) is 17.6 Å². The van der Waals surface area contributed by atoms with Gasteiger partial charge in [0.1, 0.15) is 11.6 Å². The standard InChI is InChI=1S/C24H27F4N5/c1-33(2)22-19-5-3-4-6-21(19)31-23(32-22)30-18-10-8-17(9-11-18)29-14-15-13-16(25)7-12-20(15)24(26,27)28/h3-7,12-13,17-18,29H,8-11,14H2,1-2H3,(H,30,31,32)/t17-,18+. The third-order valence-electron chi connectivity index (χ3n) is 6.02. The second kappa shape index (κ2) is 9.51. The van der Waals surface area contributed by atoms with Crippen LogP contribution in [0.2, 0.25) is 0 Å². The van der Waals surface area contributed by atoms with Crippen LogP contribution in [-0.2, 0) is 12.7 Å². The highest BCUT2D eigenvalue weighted by Gasteiger charge is 2.33. The Morgan fingerprint density at radius 3 is 2.36 bits per heavy atom. The number of aromatic nitrogens is 2. The predicted molar refractivity (Wildman–Crippen MR) is 122 cm³/mol. The SMILES string of the molecule is CN(C)c1nc(N[C@H]2CC[C@@H](NCc3cc(F)ccc3C(F)(F)F)CC2)nc2ccccc12. The fourth-order valence-corrected chi connectivity index (χ4v) is 4.33. The number of benzene rings is 2. The number of hydrogen-bond donors (Lipinski definition) is 2. The van der Waals surface area contributed by atoms with E-state index >= 15 is 0 Å². The zero-order chi connectivity index (χ0) is 23.6. The summed E-state index contributed by atoms with van der Waals surface area (Å²) < 4.78 is 53.1. The van der Waals surface area contributed by atoms with Gasteiger partial charge in [-0.05, 0) is 61.6 Å². The zero-order valence-corrected chi connectivity index (χ0v) is 18.6. The summed E-state index contributed by atoms with van der Waals surface area (Å²) in [6.45, 7) is -0.0185. The van der Waals surface area contributed by atoms with Crippen molar-refractivity contribution in [2.75, 3.05) is 24.3 Å². The van der Waals surface area contributed by atoms with Crippen LogP contribution >= 0.6 is 0 Å². The lowest BCUT2D eigenvalue weighted by Crippen LogP contribution is -2.37. The Bertz CT molecular complexity index is 1110. The molecule has 0 spiro atoms. The van der Waals surface area contributed by atoms with E-state index in [1.165, 1.54) is 0 Å². The molecule has 1 heterocycles. The highest BCUT2D eigenvalue weighted by molar-refractivity contribution is 5.90. The maximum atomic E-state index is 13.5. The minimum Gasteiger partial charge on any atom is -0.362 e. The Hall–Kier alpha value is -2.94. The molecule has 0 amide bonds. The maximum absolute atomic E-state index is 13.5. The Morgan fingerprint density at radius 2 is 1.67 bits per heavy atom. The molecular formula is C24H27F4N5. The lowest BCUT2D eigenvalue weighted by Gasteiger charge is -2.30. The van der Waals surface area contributed by atoms with Gasteiger partial charge in [-0.15, -0.1) is 0 Å². The van der Waals surface area contributed by atoms with Gasteiger partial charge in [-0.3, -0.25) is 0 Å². The van der Waals surface area contributed by atoms with Crippen molar-refractivity contribution in [1.82, 2.24) is 15.3 Å². The lowest BCUT2D eigenvalue weighted by atomic mass is 9.91. The maximum Gasteiger partial charge on any atom is 0.416 e. The summed E-state index contributed by atoms with van der Waals surface area (Å²) in [6.07, 6.45) is -1.25. The fourth-order valence-electron chi connectivity index (χ4n) is 4.33. The molecular weight excluding hydrogens is 434 g/mol. The van der Waals surface area contributed by atoms with E-state index in [1.54, 1.807) is 0 Å². The Balaban J connectivity index is 1.36. The van der Waals surface area contributed by atoms with Crippen LogP contribution in [0.5, 0.6) is 0 Å². The van der Waals surface area contributed by atoms with Crippen molar-refractivity contribution in [1.29, 1.82) is 0 Å². The molecule has 3 aromatic rings. The van der Waals surface area contributed by atoms with Crippen molar-refractivity contribution in [2.45, 2.75) is 50.5 Å². The van der Waals surface area contributed by atoms with Crippen molar-refractivity contribution in [3.8, 4) is 0 Å². The van der Waals surface area contributed by atoms with Crippen LogP contribution in [0.3, 0.4) is 0 Å². The van der Waals surface area contributed by atoms with Gasteiger partial charge in [-0.25, -0.2) is 9.37 Å². The van der Waals surface area contributed by atoms with Gasteiger partial charge in [0.2, 0.25) is 5.95 Å². The summed E-state index contributed by atoms with van der Waals surface area (Å²) in [5.74, 6) is 0.748. The predicted octanol–water partition coefficient (Wildman–Crippen LogP) is 5.37. The molecule has 1 saturated carbocycles. The molecule has 0 aliphatic heterocycles. The van der Waals surface area contributed by atoms with Crippen molar-refractivity contribution in [3.05, 3.63) is 59.4 Å². The quantitative estimate of drug-likeness (QED) is 0.484. The van der Waals surface area contributed by atoms with E-state index < -0.39 is 17.6 Å². The molecule has 0 unspecified atom stereocenters. The first kappa shape index (κ1) is 23.2. The Morgan fingerprint density at radius 1 is 0.970 bits per heavy atom. The number of anilines is 2. The molecule has 0 atom stereocenters. The Labute approximate surface area is 190 Å². The second-order valence-electron chi connectivity index (χ2n) is 8.66. The average Bonchev–Trinajstić information content (AvgIpc) is 2.77. The van der Waals surface area contributed by atoms with E-state index in [2.05, 4.69) is 20.6 Å². The first-order chi connectivity index (χ1) is 15.7. The van der Waals surface area contributed by atoms with Gasteiger partial charge in [0.25, 0.3) is 0 Å². The summed E-state index contributed by atoms with van der Waals surface area (Å²) in [5, 5.41) is 7.58. The molecule has 1 aliphatic rings. The number of nitrogens with zero attached hydrogens (tertiary/aromatic N) is 3. The third-order valence-corrected chi connectivity index (χ3v) is 6.02. The molecule has 2 N–H and O–H groups in total. The second-order valence-corrected chi connectivity index (χ2v) is 8.66. The highest BCUT2D eigenvalue weighted by atomic mass is 19.4. The smallest absolute Gasteiger partial charge is 0.362 e. The van der Waals surface area contributed by atoms with Crippen molar-refractivity contribution >= 4 is 22.7 Å². The van der Waals surface area contributed by atoms with Crippen LogP contribution in [0.15, 0.2) is 42.5 Å². The van der Waals surface area contributed by atoms with Crippen molar-refractivity contribution in [3.63, 3.8) is 0 Å². The summed E-state index contributed by atoms with van der Waals surface area (Å²) in [4.78, 5) is 11.3. The number of halogens is 4. The molecule has 0 bridgehead atoms. The minimum atomic E-state index is -4.50. The summed E-state index contributed by atoms with van der Waals surface area (Å²) in [6, 6.07) is 10.7. The molecule has 33 heavy (non-hydrogen) atoms. The van der Waals surface area contributed by atoms with Gasteiger partial charge in [0.15, 0.2) is 0 Å². The van der Waals surface area contributed by atoms with E-state index in [0.717, 1.165) is 60.6 Å². The topological polar surface area (TPSA) is 53.1 Å². The molecule has 2 aromatic carbocycles. The summed E-state index contributed by atoms with van der Waals surface area (Å²) in [7, 11) is 3.89. The average molecular weight is 462 g/mol. The summed E-state index contributed by atoms with van der Waals surface area (Å²) in [5.41, 5.74) is 0.00467. The monoisotopic (exact) mass is 461 g/mol. The minimum absolute atomic E-state index is 0.0185. The molecule has 1 aromatic heterocycles. The first-order valence-corrected chi connectivity index (χ1v) is 11.0. The van der Waals surface area contributed by atoms with Crippen molar-refractivity contribution in [2.24, 2.45) is 0 Å². The number of fused-ring (bicyclic) bond motifs is 1. The van der Waals surface area contributed by atoms with Gasteiger partial charge in [-0.1, -0.05) is 12.1 Å². The molecule has 1 aliphatic carbocycles. The van der Waals surface area contributed by atoms with Crippen LogP contribution in [0.4, 0.5) is 29.3 Å². The molecule has 5 nitrogen and oxygen atoms in total. The van der Waals surface area contributed by atoms with Crippen LogP contribution in [0.25, 0.3) is 10.9 Å². The lowest BCUT2D eigenvalue weighted by molar-refractivity contribution is -0.138. The normalized spacial score (nSPS) is 19.0. The number of nitrogens with one attached hydrogen (secondary N) is 2. The van der Waals surface area contributed by atoms with Gasteiger partial charge in [0, 0.05) is 38.1 Å². The Kier molecular flexibility index (Phi) is 6.69. The van der Waals surface area contributed by atoms with E-state index in [4.69, 9.17) is 0 Å². The van der Waals surface area contributed by atoms with Crippen molar-refractivity contribution < 1.29 is 17.6 Å². The first-order valence-electron chi connectivity index (χ1n) is 11.0. The van der Waals surface area contributed by atoms with Gasteiger partial charge in [0.05, 0.1) is 11.1 Å². The highest BCUT2D eigenvalue weighted by Crippen LogP contribution is 2.33. The number of para-hydroxylation sites is 1. The van der Waals surface area contributed by atoms with E-state index in [1.807, 2.05) is 43.3 Å². The van der Waals surface area contributed by atoms with Gasteiger partial charge in [-0.2, -0.15) is 18.2 Å². The molecule has 9 heteroatoms. The van der Waals surface area contributed by atoms with E-state index in [0.29, 0.717) is 5.95 Å². The van der Waals surface area contributed by atoms with Crippen LogP contribution in [-0.4, -0.2) is 36.1 Å². The molecule has 4 rings (SSSR count). The molecule has 0 saturated heterocycles. The summed E-state index contributed by atoms with van der Waals surface area (Å²) >= 11 is 0. The van der Waals surface area contributed by atoms with E-state index in [-0.39, 0.29) is 24.2 Å². The molecule has 176 valence electrons. The zero-order valence-electron chi connectivity index (χ0n) is 18.6. The van der Waals surface area contributed by atoms with Crippen LogP contribution in [0, 0.1) is 5.82 Å². The number of alkyl halides is 3. The van der Waals surface area contributed by atoms with Crippen LogP contribution in [0.1, 0.15) is 36.8 Å².